The van der Waals surface area contributed by atoms with Crippen LogP contribution < -0.4 is 9.64 Å². The Morgan fingerprint density at radius 1 is 1.11 bits per heavy atom. The van der Waals surface area contributed by atoms with E-state index in [-0.39, 0.29) is 23.4 Å². The minimum absolute atomic E-state index is 0.0292. The molecule has 0 atom stereocenters. The van der Waals surface area contributed by atoms with Gasteiger partial charge >= 0.3 is 0 Å². The van der Waals surface area contributed by atoms with Gasteiger partial charge in [0, 0.05) is 18.2 Å². The zero-order valence-electron chi connectivity index (χ0n) is 21.5. The summed E-state index contributed by atoms with van der Waals surface area (Å²) in [5.41, 5.74) is 1.12. The number of aromatic nitrogens is 1. The second-order valence-corrected chi connectivity index (χ2v) is 12.2. The number of ether oxygens (including phenoxy) is 1. The first kappa shape index (κ1) is 26.4. The van der Waals surface area contributed by atoms with E-state index in [1.807, 2.05) is 25.1 Å². The van der Waals surface area contributed by atoms with Gasteiger partial charge in [-0.1, -0.05) is 37.5 Å². The van der Waals surface area contributed by atoms with Crippen molar-refractivity contribution >= 4 is 42.6 Å². The minimum Gasteiger partial charge on any atom is -0.497 e. The van der Waals surface area contributed by atoms with Crippen LogP contribution in [0.2, 0.25) is 0 Å². The van der Waals surface area contributed by atoms with Gasteiger partial charge in [0.25, 0.3) is 5.91 Å². The molecule has 0 unspecified atom stereocenters. The Kier molecular flexibility index (Phi) is 7.83. The van der Waals surface area contributed by atoms with Crippen molar-refractivity contribution in [1.82, 2.24) is 9.29 Å². The van der Waals surface area contributed by atoms with Gasteiger partial charge in [0.05, 0.1) is 35.0 Å². The van der Waals surface area contributed by atoms with Crippen molar-refractivity contribution in [2.45, 2.75) is 56.5 Å². The third kappa shape index (κ3) is 5.34. The molecule has 0 N–H and O–H groups in total. The fourth-order valence-electron chi connectivity index (χ4n) is 4.97. The van der Waals surface area contributed by atoms with Crippen LogP contribution in [0.5, 0.6) is 5.75 Å². The number of hydrogen-bond donors (Lipinski definition) is 0. The van der Waals surface area contributed by atoms with Gasteiger partial charge in [-0.25, -0.2) is 13.4 Å². The molecule has 1 aliphatic rings. The molecule has 2 aromatic carbocycles. The summed E-state index contributed by atoms with van der Waals surface area (Å²) < 4.78 is 40.3. The highest BCUT2D eigenvalue weighted by Gasteiger charge is 2.31. The molecule has 0 saturated heterocycles. The van der Waals surface area contributed by atoms with E-state index >= 15 is 0 Å². The number of methoxy groups -OCH3 is 1. The lowest BCUT2D eigenvalue weighted by atomic mass is 9.95. The van der Waals surface area contributed by atoms with Gasteiger partial charge in [-0.05, 0) is 67.4 Å². The molecule has 8 nitrogen and oxygen atoms in total. The molecule has 1 amide bonds. The largest absolute Gasteiger partial charge is 0.497 e. The summed E-state index contributed by atoms with van der Waals surface area (Å²) in [7, 11) is -2.05. The van der Waals surface area contributed by atoms with E-state index in [0.717, 1.165) is 42.3 Å². The molecule has 5 rings (SSSR count). The fraction of sp³-hybridized carbons (Fsp3) is 0.357. The van der Waals surface area contributed by atoms with Crippen LogP contribution in [0.15, 0.2) is 70.2 Å². The average molecular weight is 554 g/mol. The number of rotatable bonds is 9. The molecule has 200 valence electrons. The Balaban J connectivity index is 1.44. The highest BCUT2D eigenvalue weighted by Crippen LogP contribution is 2.33. The summed E-state index contributed by atoms with van der Waals surface area (Å²) in [6, 6.07) is 15.4. The van der Waals surface area contributed by atoms with Crippen LogP contribution in [0.1, 0.15) is 55.1 Å². The molecule has 1 fully saturated rings. The fourth-order valence-corrected chi connectivity index (χ4v) is 7.66. The average Bonchev–Trinajstić information content (AvgIpc) is 3.61. The first-order chi connectivity index (χ1) is 18.4. The van der Waals surface area contributed by atoms with E-state index < -0.39 is 10.0 Å². The van der Waals surface area contributed by atoms with Crippen LogP contribution in [0.25, 0.3) is 10.2 Å². The van der Waals surface area contributed by atoms with Crippen molar-refractivity contribution in [1.29, 1.82) is 0 Å². The summed E-state index contributed by atoms with van der Waals surface area (Å²) >= 11 is 1.38. The summed E-state index contributed by atoms with van der Waals surface area (Å²) in [6.07, 6.45) is 6.59. The number of carbonyl (C=O) groups excluding carboxylic acids is 1. The summed E-state index contributed by atoms with van der Waals surface area (Å²) in [4.78, 5) is 20.2. The Labute approximate surface area is 226 Å². The molecule has 4 aromatic rings. The van der Waals surface area contributed by atoms with Crippen LogP contribution in [0.3, 0.4) is 0 Å². The highest BCUT2D eigenvalue weighted by molar-refractivity contribution is 7.89. The quantitative estimate of drug-likeness (QED) is 0.249. The van der Waals surface area contributed by atoms with Crippen molar-refractivity contribution in [3.63, 3.8) is 0 Å². The van der Waals surface area contributed by atoms with Gasteiger partial charge < -0.3 is 9.15 Å². The lowest BCUT2D eigenvalue weighted by molar-refractivity contribution is 0.0983. The van der Waals surface area contributed by atoms with E-state index in [0.29, 0.717) is 28.7 Å². The van der Waals surface area contributed by atoms with E-state index in [1.165, 1.54) is 23.5 Å². The Morgan fingerprint density at radius 2 is 1.87 bits per heavy atom. The highest BCUT2D eigenvalue weighted by atomic mass is 32.2. The first-order valence-corrected chi connectivity index (χ1v) is 15.1. The third-order valence-corrected chi connectivity index (χ3v) is 10.0. The number of hydrogen-bond acceptors (Lipinski definition) is 7. The predicted octanol–water partition coefficient (Wildman–Crippen LogP) is 6.09. The minimum atomic E-state index is -3.66. The number of furan rings is 1. The number of amides is 1. The predicted molar refractivity (Wildman–Crippen MR) is 148 cm³/mol. The van der Waals surface area contributed by atoms with Crippen molar-refractivity contribution < 1.29 is 22.4 Å². The van der Waals surface area contributed by atoms with Gasteiger partial charge in [-0.2, -0.15) is 4.31 Å². The number of anilines is 1. The zero-order valence-corrected chi connectivity index (χ0v) is 23.1. The molecule has 1 aliphatic carbocycles. The molecule has 2 aromatic heterocycles. The molecule has 0 bridgehead atoms. The van der Waals surface area contributed by atoms with Gasteiger partial charge in [0.2, 0.25) is 10.0 Å². The molecule has 38 heavy (non-hydrogen) atoms. The van der Waals surface area contributed by atoms with Crippen LogP contribution in [-0.2, 0) is 16.6 Å². The molecule has 0 spiro atoms. The summed E-state index contributed by atoms with van der Waals surface area (Å²) in [6.45, 7) is 2.49. The second-order valence-electron chi connectivity index (χ2n) is 9.33. The smallest absolute Gasteiger partial charge is 0.260 e. The number of carbonyl (C=O) groups is 1. The van der Waals surface area contributed by atoms with Crippen molar-refractivity contribution in [3.05, 3.63) is 72.2 Å². The maximum absolute atomic E-state index is 13.7. The third-order valence-electron chi connectivity index (χ3n) is 6.96. The molecular weight excluding hydrogens is 522 g/mol. The molecular formula is C28H31N3O5S2. The number of fused-ring (bicyclic) bond motifs is 1. The second kappa shape index (κ2) is 11.3. The first-order valence-electron chi connectivity index (χ1n) is 12.8. The maximum atomic E-state index is 13.7. The number of sulfonamides is 1. The van der Waals surface area contributed by atoms with Crippen molar-refractivity contribution in [2.75, 3.05) is 18.6 Å². The van der Waals surface area contributed by atoms with Crippen LogP contribution in [-0.4, -0.2) is 43.3 Å². The monoisotopic (exact) mass is 553 g/mol. The van der Waals surface area contributed by atoms with Gasteiger partial charge in [-0.3, -0.25) is 9.69 Å². The molecule has 10 heteroatoms. The molecule has 1 saturated carbocycles. The Bertz CT molecular complexity index is 1490. The lowest BCUT2D eigenvalue weighted by Gasteiger charge is -2.32. The maximum Gasteiger partial charge on any atom is 0.260 e. The summed E-state index contributed by atoms with van der Waals surface area (Å²) in [5.74, 6) is 1.03. The van der Waals surface area contributed by atoms with Crippen LogP contribution >= 0.6 is 11.3 Å². The van der Waals surface area contributed by atoms with Gasteiger partial charge in [0.15, 0.2) is 5.13 Å². The molecule has 2 heterocycles. The Morgan fingerprint density at radius 3 is 2.53 bits per heavy atom. The molecule has 0 aliphatic heterocycles. The zero-order chi connectivity index (χ0) is 26.7. The molecule has 0 radical (unpaired) electrons. The van der Waals surface area contributed by atoms with E-state index in [1.54, 1.807) is 46.8 Å². The lowest BCUT2D eigenvalue weighted by Crippen LogP contribution is -2.41. The normalized spacial score (nSPS) is 14.7. The SMILES string of the molecule is CCN(C1CCCCC1)S(=O)(=O)c1ccc(C(=O)N(Cc2ccco2)c2nc3ccc(OC)cc3s2)cc1. The van der Waals surface area contributed by atoms with E-state index in [2.05, 4.69) is 4.98 Å². The Hall–Kier alpha value is -3.21. The van der Waals surface area contributed by atoms with Gasteiger partial charge in [-0.15, -0.1) is 0 Å². The van der Waals surface area contributed by atoms with Crippen LogP contribution in [0, 0.1) is 0 Å². The van der Waals surface area contributed by atoms with Crippen LogP contribution in [0.4, 0.5) is 5.13 Å². The van der Waals surface area contributed by atoms with E-state index in [9.17, 15) is 13.2 Å². The number of benzene rings is 2. The number of thiazole rings is 1. The van der Waals surface area contributed by atoms with Crippen molar-refractivity contribution in [3.8, 4) is 5.75 Å². The van der Waals surface area contributed by atoms with Crippen molar-refractivity contribution in [2.24, 2.45) is 0 Å². The van der Waals surface area contributed by atoms with Gasteiger partial charge in [0.1, 0.15) is 11.5 Å². The standard InChI is InChI=1S/C28H31N3O5S2/c1-3-31(21-8-5-4-6-9-21)38(33,34)24-14-11-20(12-15-24)27(32)30(19-23-10-7-17-36-23)28-29-25-16-13-22(35-2)18-26(25)37-28/h7,10-18,21H,3-6,8-9,19H2,1-2H3. The number of nitrogens with zero attached hydrogens (tertiary/aromatic N) is 3. The topological polar surface area (TPSA) is 93.0 Å². The van der Waals surface area contributed by atoms with E-state index in [4.69, 9.17) is 9.15 Å². The summed E-state index contributed by atoms with van der Waals surface area (Å²) in [5, 5.41) is 0.515.